The van der Waals surface area contributed by atoms with E-state index in [1.54, 1.807) is 38.4 Å². The van der Waals surface area contributed by atoms with Gasteiger partial charge in [-0.1, -0.05) is 18.2 Å². The first-order valence-corrected chi connectivity index (χ1v) is 9.95. The van der Waals surface area contributed by atoms with Crippen LogP contribution >= 0.6 is 0 Å². The molecule has 0 spiro atoms. The number of nitrogens with zero attached hydrogens (tertiary/aromatic N) is 3. The molecule has 4 rings (SSSR count). The molecule has 7 heteroatoms. The summed E-state index contributed by atoms with van der Waals surface area (Å²) in [6.45, 7) is 3.62. The SMILES string of the molecule is CNC(=O)c1ccc(C2=CCN(Cc3ccc4c(c3F)CC(=O)C(C)=N4)CC2)cn1. The van der Waals surface area contributed by atoms with Crippen LogP contribution in [0.3, 0.4) is 0 Å². The van der Waals surface area contributed by atoms with Crippen LogP contribution in [0.1, 0.15) is 40.5 Å². The van der Waals surface area contributed by atoms with Crippen molar-refractivity contribution in [1.29, 1.82) is 0 Å². The van der Waals surface area contributed by atoms with E-state index in [4.69, 9.17) is 0 Å². The minimum Gasteiger partial charge on any atom is -0.354 e. The van der Waals surface area contributed by atoms with Crippen LogP contribution in [0.5, 0.6) is 0 Å². The summed E-state index contributed by atoms with van der Waals surface area (Å²) in [7, 11) is 1.58. The van der Waals surface area contributed by atoms with Gasteiger partial charge < -0.3 is 5.32 Å². The molecule has 154 valence electrons. The van der Waals surface area contributed by atoms with Gasteiger partial charge in [0.1, 0.15) is 11.5 Å². The highest BCUT2D eigenvalue weighted by molar-refractivity contribution is 6.40. The predicted octanol–water partition coefficient (Wildman–Crippen LogP) is 3.09. The molecule has 0 aliphatic carbocycles. The number of aliphatic imine (C=N–C) groups is 1. The van der Waals surface area contributed by atoms with Crippen molar-refractivity contribution in [2.75, 3.05) is 20.1 Å². The molecule has 0 atom stereocenters. The normalized spacial score (nSPS) is 16.6. The number of benzene rings is 1. The van der Waals surface area contributed by atoms with Gasteiger partial charge in [-0.2, -0.15) is 0 Å². The van der Waals surface area contributed by atoms with Crippen LogP contribution in [0.4, 0.5) is 10.1 Å². The molecular weight excluding hydrogens is 383 g/mol. The van der Waals surface area contributed by atoms with Crippen LogP contribution in [-0.4, -0.2) is 47.4 Å². The molecule has 2 aliphatic rings. The van der Waals surface area contributed by atoms with Crippen molar-refractivity contribution in [2.45, 2.75) is 26.3 Å². The summed E-state index contributed by atoms with van der Waals surface area (Å²) in [5.41, 5.74) is 4.53. The van der Waals surface area contributed by atoms with Crippen molar-refractivity contribution in [3.05, 3.63) is 64.7 Å². The monoisotopic (exact) mass is 406 g/mol. The number of fused-ring (bicyclic) bond motifs is 1. The summed E-state index contributed by atoms with van der Waals surface area (Å²) in [6.07, 6.45) is 4.73. The fraction of sp³-hybridized carbons (Fsp3) is 0.304. The van der Waals surface area contributed by atoms with Crippen LogP contribution in [0, 0.1) is 5.82 Å². The van der Waals surface area contributed by atoms with Crippen molar-refractivity contribution in [1.82, 2.24) is 15.2 Å². The molecule has 2 aromatic rings. The van der Waals surface area contributed by atoms with E-state index in [-0.39, 0.29) is 23.9 Å². The first kappa shape index (κ1) is 20.1. The molecule has 1 N–H and O–H groups in total. The lowest BCUT2D eigenvalue weighted by Crippen LogP contribution is -2.29. The highest BCUT2D eigenvalue weighted by atomic mass is 19.1. The lowest BCUT2D eigenvalue weighted by molar-refractivity contribution is -0.112. The van der Waals surface area contributed by atoms with Gasteiger partial charge in [0, 0.05) is 50.4 Å². The Morgan fingerprint density at radius 1 is 1.27 bits per heavy atom. The van der Waals surface area contributed by atoms with E-state index in [1.807, 2.05) is 6.07 Å². The number of aromatic nitrogens is 1. The number of Topliss-reactive ketones (excluding diaryl/α,β-unsaturated/α-hetero) is 1. The smallest absolute Gasteiger partial charge is 0.269 e. The average Bonchev–Trinajstić information content (AvgIpc) is 2.77. The Kier molecular flexibility index (Phi) is 5.55. The number of halogens is 1. The lowest BCUT2D eigenvalue weighted by atomic mass is 9.97. The largest absolute Gasteiger partial charge is 0.354 e. The molecule has 3 heterocycles. The number of hydrogen-bond acceptors (Lipinski definition) is 5. The van der Waals surface area contributed by atoms with Crippen LogP contribution in [0.2, 0.25) is 0 Å². The van der Waals surface area contributed by atoms with E-state index in [1.165, 1.54) is 5.57 Å². The standard InChI is InChI=1S/C23H23FN4O2/c1-14-21(29)11-18-19(27-14)5-4-17(22(18)24)13-28-9-7-15(8-10-28)16-3-6-20(26-12-16)23(30)25-2/h3-7,12H,8-11,13H2,1-2H3,(H,25,30). The van der Waals surface area contributed by atoms with Gasteiger partial charge in [-0.15, -0.1) is 0 Å². The number of nitrogens with one attached hydrogen (secondary N) is 1. The second-order valence-electron chi connectivity index (χ2n) is 7.56. The van der Waals surface area contributed by atoms with E-state index in [0.717, 1.165) is 18.5 Å². The highest BCUT2D eigenvalue weighted by Crippen LogP contribution is 2.30. The first-order chi connectivity index (χ1) is 14.5. The Hall–Kier alpha value is -3.19. The summed E-state index contributed by atoms with van der Waals surface area (Å²) < 4.78 is 15.0. The summed E-state index contributed by atoms with van der Waals surface area (Å²) >= 11 is 0. The third-order valence-electron chi connectivity index (χ3n) is 5.61. The summed E-state index contributed by atoms with van der Waals surface area (Å²) in [6, 6.07) is 7.19. The van der Waals surface area contributed by atoms with Crippen LogP contribution in [0.15, 0.2) is 41.5 Å². The van der Waals surface area contributed by atoms with E-state index < -0.39 is 0 Å². The maximum Gasteiger partial charge on any atom is 0.269 e. The van der Waals surface area contributed by atoms with E-state index in [0.29, 0.717) is 41.3 Å². The lowest BCUT2D eigenvalue weighted by Gasteiger charge is -2.27. The fourth-order valence-electron chi connectivity index (χ4n) is 3.79. The highest BCUT2D eigenvalue weighted by Gasteiger charge is 2.23. The Morgan fingerprint density at radius 3 is 2.77 bits per heavy atom. The van der Waals surface area contributed by atoms with E-state index in [9.17, 15) is 14.0 Å². The second-order valence-corrected chi connectivity index (χ2v) is 7.56. The molecule has 2 aliphatic heterocycles. The zero-order valence-electron chi connectivity index (χ0n) is 17.0. The number of hydrogen-bond donors (Lipinski definition) is 1. The molecule has 0 unspecified atom stereocenters. The first-order valence-electron chi connectivity index (χ1n) is 9.95. The Balaban J connectivity index is 1.45. The van der Waals surface area contributed by atoms with Gasteiger partial charge in [0.15, 0.2) is 5.78 Å². The molecule has 0 bridgehead atoms. The molecule has 1 aromatic carbocycles. The maximum atomic E-state index is 15.0. The average molecular weight is 406 g/mol. The zero-order chi connectivity index (χ0) is 21.3. The minimum atomic E-state index is -0.319. The molecule has 0 fully saturated rings. The fourth-order valence-corrected chi connectivity index (χ4v) is 3.79. The number of pyridine rings is 1. The summed E-state index contributed by atoms with van der Waals surface area (Å²) in [5, 5.41) is 2.56. The van der Waals surface area contributed by atoms with Gasteiger partial charge in [-0.05, 0) is 36.6 Å². The Morgan fingerprint density at radius 2 is 2.10 bits per heavy atom. The molecule has 0 radical (unpaired) electrons. The van der Waals surface area contributed by atoms with Crippen molar-refractivity contribution < 1.29 is 14.0 Å². The summed E-state index contributed by atoms with van der Waals surface area (Å²) in [4.78, 5) is 34.1. The second kappa shape index (κ2) is 8.28. The van der Waals surface area contributed by atoms with Gasteiger partial charge in [0.2, 0.25) is 0 Å². The Labute approximate surface area is 174 Å². The van der Waals surface area contributed by atoms with Crippen LogP contribution in [0.25, 0.3) is 5.57 Å². The van der Waals surface area contributed by atoms with E-state index >= 15 is 0 Å². The molecule has 0 saturated carbocycles. The number of ketones is 1. The number of rotatable bonds is 4. The molecule has 1 amide bonds. The van der Waals surface area contributed by atoms with Gasteiger partial charge in [0.05, 0.1) is 11.4 Å². The van der Waals surface area contributed by atoms with Gasteiger partial charge in [-0.25, -0.2) is 9.38 Å². The van der Waals surface area contributed by atoms with Gasteiger partial charge in [-0.3, -0.25) is 19.5 Å². The maximum absolute atomic E-state index is 15.0. The topological polar surface area (TPSA) is 74.7 Å². The van der Waals surface area contributed by atoms with Crippen molar-refractivity contribution in [2.24, 2.45) is 4.99 Å². The molecule has 30 heavy (non-hydrogen) atoms. The Bertz CT molecular complexity index is 1070. The quantitative estimate of drug-likeness (QED) is 0.847. The van der Waals surface area contributed by atoms with Gasteiger partial charge >= 0.3 is 0 Å². The minimum absolute atomic E-state index is 0.0768. The molecule has 6 nitrogen and oxygen atoms in total. The van der Waals surface area contributed by atoms with Crippen molar-refractivity contribution >= 4 is 28.7 Å². The van der Waals surface area contributed by atoms with Gasteiger partial charge in [0.25, 0.3) is 5.91 Å². The number of carbonyl (C=O) groups excluding carboxylic acids is 2. The number of carbonyl (C=O) groups is 2. The van der Waals surface area contributed by atoms with Crippen LogP contribution < -0.4 is 5.32 Å². The predicted molar refractivity (Wildman–Crippen MR) is 113 cm³/mol. The zero-order valence-corrected chi connectivity index (χ0v) is 17.0. The third-order valence-corrected chi connectivity index (χ3v) is 5.61. The summed E-state index contributed by atoms with van der Waals surface area (Å²) in [5.74, 6) is -0.652. The number of amides is 1. The van der Waals surface area contributed by atoms with Crippen LogP contribution in [-0.2, 0) is 17.8 Å². The molecular formula is C23H23FN4O2. The third kappa shape index (κ3) is 3.93. The molecule has 1 aromatic heterocycles. The van der Waals surface area contributed by atoms with Crippen molar-refractivity contribution in [3.63, 3.8) is 0 Å². The molecule has 0 saturated heterocycles. The van der Waals surface area contributed by atoms with E-state index in [2.05, 4.69) is 26.3 Å². The van der Waals surface area contributed by atoms with Crippen molar-refractivity contribution in [3.8, 4) is 0 Å².